The normalized spacial score (nSPS) is 10.2. The fraction of sp³-hybridized carbons (Fsp3) is 0.188. The number of rotatable bonds is 5. The number of halogens is 2. The molecule has 0 spiro atoms. The van der Waals surface area contributed by atoms with Gasteiger partial charge in [0.15, 0.2) is 0 Å². The first-order chi connectivity index (χ1) is 10.1. The fourth-order valence-electron chi connectivity index (χ4n) is 1.97. The van der Waals surface area contributed by atoms with Gasteiger partial charge in [0.2, 0.25) is 5.91 Å². The van der Waals surface area contributed by atoms with Crippen molar-refractivity contribution >= 4 is 34.8 Å². The van der Waals surface area contributed by atoms with Crippen molar-refractivity contribution in [2.24, 2.45) is 0 Å². The standard InChI is InChI=1S/C16H15Cl2NO2/c1-21-14-8-3-2-5-11(14)9-10-15(20)19-13-7-4-6-12(17)16(13)18/h2-8H,9-10H2,1H3,(H,19,20). The van der Waals surface area contributed by atoms with Gasteiger partial charge < -0.3 is 10.1 Å². The number of carbonyl (C=O) groups is 1. The number of para-hydroxylation sites is 1. The highest BCUT2D eigenvalue weighted by Gasteiger charge is 2.09. The molecule has 0 saturated heterocycles. The third-order valence-electron chi connectivity index (χ3n) is 3.04. The monoisotopic (exact) mass is 323 g/mol. The number of aryl methyl sites for hydroxylation is 1. The smallest absolute Gasteiger partial charge is 0.224 e. The van der Waals surface area contributed by atoms with E-state index in [1.54, 1.807) is 25.3 Å². The Morgan fingerprint density at radius 2 is 1.90 bits per heavy atom. The van der Waals surface area contributed by atoms with Crippen molar-refractivity contribution in [3.8, 4) is 5.75 Å². The lowest BCUT2D eigenvalue weighted by Crippen LogP contribution is -2.13. The van der Waals surface area contributed by atoms with Crippen molar-refractivity contribution in [1.82, 2.24) is 0 Å². The number of hydrogen-bond acceptors (Lipinski definition) is 2. The van der Waals surface area contributed by atoms with Crippen LogP contribution in [-0.4, -0.2) is 13.0 Å². The van der Waals surface area contributed by atoms with Gasteiger partial charge in [0.1, 0.15) is 5.75 Å². The molecule has 0 aliphatic carbocycles. The van der Waals surface area contributed by atoms with E-state index in [9.17, 15) is 4.79 Å². The lowest BCUT2D eigenvalue weighted by atomic mass is 10.1. The molecule has 0 fully saturated rings. The summed E-state index contributed by atoms with van der Waals surface area (Å²) >= 11 is 11.9. The summed E-state index contributed by atoms with van der Waals surface area (Å²) in [5.74, 6) is 0.663. The molecule has 2 aromatic carbocycles. The SMILES string of the molecule is COc1ccccc1CCC(=O)Nc1cccc(Cl)c1Cl. The Bertz CT molecular complexity index is 644. The van der Waals surface area contributed by atoms with Crippen molar-refractivity contribution in [3.63, 3.8) is 0 Å². The predicted octanol–water partition coefficient (Wildman–Crippen LogP) is 4.57. The zero-order chi connectivity index (χ0) is 15.2. The van der Waals surface area contributed by atoms with Crippen LogP contribution in [0.2, 0.25) is 10.0 Å². The third-order valence-corrected chi connectivity index (χ3v) is 3.86. The number of methoxy groups -OCH3 is 1. The van der Waals surface area contributed by atoms with E-state index in [4.69, 9.17) is 27.9 Å². The summed E-state index contributed by atoms with van der Waals surface area (Å²) in [6.45, 7) is 0. The van der Waals surface area contributed by atoms with Gasteiger partial charge in [0, 0.05) is 6.42 Å². The molecule has 0 atom stereocenters. The molecule has 2 rings (SSSR count). The molecule has 2 aromatic rings. The van der Waals surface area contributed by atoms with Gasteiger partial charge in [0.25, 0.3) is 0 Å². The third kappa shape index (κ3) is 4.13. The largest absolute Gasteiger partial charge is 0.496 e. The molecule has 0 aliphatic heterocycles. The van der Waals surface area contributed by atoms with Crippen LogP contribution in [0, 0.1) is 0 Å². The summed E-state index contributed by atoms with van der Waals surface area (Å²) in [5.41, 5.74) is 1.52. The van der Waals surface area contributed by atoms with Crippen molar-refractivity contribution in [2.75, 3.05) is 12.4 Å². The van der Waals surface area contributed by atoms with E-state index in [0.717, 1.165) is 11.3 Å². The summed E-state index contributed by atoms with van der Waals surface area (Å²) in [7, 11) is 1.62. The van der Waals surface area contributed by atoms with Gasteiger partial charge >= 0.3 is 0 Å². The van der Waals surface area contributed by atoms with Crippen LogP contribution in [-0.2, 0) is 11.2 Å². The lowest BCUT2D eigenvalue weighted by Gasteiger charge is -2.10. The van der Waals surface area contributed by atoms with Crippen molar-refractivity contribution < 1.29 is 9.53 Å². The quantitative estimate of drug-likeness (QED) is 0.875. The van der Waals surface area contributed by atoms with Crippen molar-refractivity contribution in [1.29, 1.82) is 0 Å². The zero-order valence-electron chi connectivity index (χ0n) is 11.5. The Morgan fingerprint density at radius 1 is 1.14 bits per heavy atom. The second-order valence-electron chi connectivity index (χ2n) is 4.46. The van der Waals surface area contributed by atoms with Crippen LogP contribution < -0.4 is 10.1 Å². The minimum atomic E-state index is -0.120. The molecule has 5 heteroatoms. The highest BCUT2D eigenvalue weighted by atomic mass is 35.5. The molecule has 21 heavy (non-hydrogen) atoms. The molecule has 0 aromatic heterocycles. The van der Waals surface area contributed by atoms with Crippen LogP contribution in [0.4, 0.5) is 5.69 Å². The van der Waals surface area contributed by atoms with E-state index in [1.807, 2.05) is 24.3 Å². The van der Waals surface area contributed by atoms with Crippen LogP contribution in [0.5, 0.6) is 5.75 Å². The van der Waals surface area contributed by atoms with E-state index in [0.29, 0.717) is 28.6 Å². The average molecular weight is 324 g/mol. The van der Waals surface area contributed by atoms with Gasteiger partial charge in [-0.1, -0.05) is 47.5 Å². The Kier molecular flexibility index (Phi) is 5.48. The maximum Gasteiger partial charge on any atom is 0.224 e. The first kappa shape index (κ1) is 15.7. The fourth-order valence-corrected chi connectivity index (χ4v) is 2.32. The Hall–Kier alpha value is -1.71. The minimum absolute atomic E-state index is 0.120. The van der Waals surface area contributed by atoms with Gasteiger partial charge in [-0.05, 0) is 30.2 Å². The molecule has 0 bridgehead atoms. The Balaban J connectivity index is 1.98. The maximum absolute atomic E-state index is 12.0. The zero-order valence-corrected chi connectivity index (χ0v) is 13.0. The lowest BCUT2D eigenvalue weighted by molar-refractivity contribution is -0.116. The molecule has 0 unspecified atom stereocenters. The average Bonchev–Trinajstić information content (AvgIpc) is 2.50. The van der Waals surface area contributed by atoms with Crippen molar-refractivity contribution in [2.45, 2.75) is 12.8 Å². The second-order valence-corrected chi connectivity index (χ2v) is 5.25. The Labute approximate surface area is 133 Å². The van der Waals surface area contributed by atoms with Crippen LogP contribution in [0.15, 0.2) is 42.5 Å². The summed E-state index contributed by atoms with van der Waals surface area (Å²) in [5, 5.41) is 3.53. The number of hydrogen-bond donors (Lipinski definition) is 1. The van der Waals surface area contributed by atoms with Crippen LogP contribution >= 0.6 is 23.2 Å². The molecule has 0 radical (unpaired) electrons. The molecule has 110 valence electrons. The highest BCUT2D eigenvalue weighted by molar-refractivity contribution is 6.43. The number of anilines is 1. The van der Waals surface area contributed by atoms with E-state index in [2.05, 4.69) is 5.32 Å². The number of carbonyl (C=O) groups excluding carboxylic acids is 1. The Morgan fingerprint density at radius 3 is 2.67 bits per heavy atom. The molecule has 0 aliphatic rings. The molecular formula is C16H15Cl2NO2. The van der Waals surface area contributed by atoms with E-state index >= 15 is 0 Å². The number of nitrogens with one attached hydrogen (secondary N) is 1. The molecular weight excluding hydrogens is 309 g/mol. The molecule has 1 amide bonds. The van der Waals surface area contributed by atoms with Gasteiger partial charge in [-0.2, -0.15) is 0 Å². The van der Waals surface area contributed by atoms with E-state index in [1.165, 1.54) is 0 Å². The van der Waals surface area contributed by atoms with Gasteiger partial charge in [-0.15, -0.1) is 0 Å². The first-order valence-electron chi connectivity index (χ1n) is 6.47. The van der Waals surface area contributed by atoms with Gasteiger partial charge in [0.05, 0.1) is 22.8 Å². The summed E-state index contributed by atoms with van der Waals surface area (Å²) in [4.78, 5) is 12.0. The van der Waals surface area contributed by atoms with E-state index < -0.39 is 0 Å². The topological polar surface area (TPSA) is 38.3 Å². The second kappa shape index (κ2) is 7.34. The maximum atomic E-state index is 12.0. The molecule has 0 heterocycles. The molecule has 0 saturated carbocycles. The summed E-state index contributed by atoms with van der Waals surface area (Å²) in [6.07, 6.45) is 0.928. The summed E-state index contributed by atoms with van der Waals surface area (Å²) in [6, 6.07) is 12.8. The highest BCUT2D eigenvalue weighted by Crippen LogP contribution is 2.29. The van der Waals surface area contributed by atoms with Crippen LogP contribution in [0.1, 0.15) is 12.0 Å². The van der Waals surface area contributed by atoms with Crippen molar-refractivity contribution in [3.05, 3.63) is 58.1 Å². The molecule has 3 nitrogen and oxygen atoms in total. The van der Waals surface area contributed by atoms with E-state index in [-0.39, 0.29) is 5.91 Å². The number of ether oxygens (including phenoxy) is 1. The minimum Gasteiger partial charge on any atom is -0.496 e. The summed E-state index contributed by atoms with van der Waals surface area (Å²) < 4.78 is 5.26. The van der Waals surface area contributed by atoms with Gasteiger partial charge in [-0.25, -0.2) is 0 Å². The number of amides is 1. The predicted molar refractivity (Wildman–Crippen MR) is 86.4 cm³/mol. The van der Waals surface area contributed by atoms with Crippen LogP contribution in [0.25, 0.3) is 0 Å². The first-order valence-corrected chi connectivity index (χ1v) is 7.23. The van der Waals surface area contributed by atoms with Gasteiger partial charge in [-0.3, -0.25) is 4.79 Å². The molecule has 1 N–H and O–H groups in total. The number of benzene rings is 2. The van der Waals surface area contributed by atoms with Crippen LogP contribution in [0.3, 0.4) is 0 Å².